The summed E-state index contributed by atoms with van der Waals surface area (Å²) < 4.78 is 12.3. The van der Waals surface area contributed by atoms with Crippen LogP contribution in [-0.4, -0.2) is 35.1 Å². The standard InChI is InChI=1S/C25H26N4O4S/c1-5-10-29-16(2)11-19(17(29)3)12-20(13-26)24(31)33-14-23(30)28-25-27-22(15-34-25)18-6-8-21(32-4)9-7-18/h6-9,11-12,15H,5,10,14H2,1-4H3,(H,27,28,30). The SMILES string of the molecule is CCCn1c(C)cc(C=C(C#N)C(=O)OCC(=O)Nc2nc(-c3ccc(OC)cc3)cs2)c1C. The van der Waals surface area contributed by atoms with Gasteiger partial charge < -0.3 is 14.0 Å². The molecule has 0 unspecified atom stereocenters. The highest BCUT2D eigenvalue weighted by atomic mass is 32.1. The van der Waals surface area contributed by atoms with Gasteiger partial charge in [-0.25, -0.2) is 9.78 Å². The number of nitrogens with one attached hydrogen (secondary N) is 1. The number of esters is 1. The fourth-order valence-electron chi connectivity index (χ4n) is 3.42. The van der Waals surface area contributed by atoms with Crippen LogP contribution in [0.25, 0.3) is 17.3 Å². The lowest BCUT2D eigenvalue weighted by Gasteiger charge is -2.07. The van der Waals surface area contributed by atoms with E-state index in [1.165, 1.54) is 17.4 Å². The van der Waals surface area contributed by atoms with E-state index in [0.717, 1.165) is 41.2 Å². The van der Waals surface area contributed by atoms with E-state index in [1.807, 2.05) is 55.6 Å². The third-order valence-corrected chi connectivity index (χ3v) is 5.93. The van der Waals surface area contributed by atoms with Gasteiger partial charge in [0.2, 0.25) is 0 Å². The number of anilines is 1. The van der Waals surface area contributed by atoms with Gasteiger partial charge in [-0.1, -0.05) is 6.92 Å². The van der Waals surface area contributed by atoms with E-state index in [2.05, 4.69) is 21.8 Å². The second-order valence-corrected chi connectivity index (χ2v) is 8.40. The third kappa shape index (κ3) is 5.91. The highest BCUT2D eigenvalue weighted by Gasteiger charge is 2.16. The normalized spacial score (nSPS) is 11.1. The predicted octanol–water partition coefficient (Wildman–Crippen LogP) is 4.74. The number of aromatic nitrogens is 2. The van der Waals surface area contributed by atoms with E-state index in [0.29, 0.717) is 10.8 Å². The minimum absolute atomic E-state index is 0.166. The maximum atomic E-state index is 12.4. The number of benzene rings is 1. The average Bonchev–Trinajstić information content (AvgIpc) is 3.41. The topological polar surface area (TPSA) is 106 Å². The molecule has 0 bridgehead atoms. The summed E-state index contributed by atoms with van der Waals surface area (Å²) in [4.78, 5) is 29.0. The lowest BCUT2D eigenvalue weighted by atomic mass is 10.1. The Bertz CT molecular complexity index is 1250. The first kappa shape index (κ1) is 24.7. The Morgan fingerprint density at radius 3 is 2.65 bits per heavy atom. The molecule has 0 saturated heterocycles. The van der Waals surface area contributed by atoms with E-state index >= 15 is 0 Å². The van der Waals surface area contributed by atoms with Crippen molar-refractivity contribution in [3.63, 3.8) is 0 Å². The molecule has 1 amide bonds. The molecule has 0 aliphatic carbocycles. The molecule has 0 aliphatic heterocycles. The third-order valence-electron chi connectivity index (χ3n) is 5.17. The molecule has 0 aliphatic rings. The number of rotatable bonds is 9. The fraction of sp³-hybridized carbons (Fsp3) is 0.280. The van der Waals surface area contributed by atoms with Crippen molar-refractivity contribution in [1.82, 2.24) is 9.55 Å². The van der Waals surface area contributed by atoms with E-state index in [-0.39, 0.29) is 5.57 Å². The molecule has 3 aromatic rings. The zero-order valence-corrected chi connectivity index (χ0v) is 20.4. The molecular weight excluding hydrogens is 452 g/mol. The van der Waals surface area contributed by atoms with Crippen LogP contribution in [0.5, 0.6) is 5.75 Å². The van der Waals surface area contributed by atoms with Crippen LogP contribution in [0.15, 0.2) is 41.3 Å². The first-order valence-corrected chi connectivity index (χ1v) is 11.6. The zero-order valence-electron chi connectivity index (χ0n) is 19.5. The number of thiazole rings is 1. The van der Waals surface area contributed by atoms with Crippen LogP contribution in [0.3, 0.4) is 0 Å². The fourth-order valence-corrected chi connectivity index (χ4v) is 4.16. The van der Waals surface area contributed by atoms with E-state index < -0.39 is 18.5 Å². The Hall–Kier alpha value is -3.90. The van der Waals surface area contributed by atoms with Crippen molar-refractivity contribution in [3.05, 3.63) is 58.2 Å². The molecule has 0 spiro atoms. The number of methoxy groups -OCH3 is 1. The van der Waals surface area contributed by atoms with Crippen LogP contribution in [0, 0.1) is 25.2 Å². The largest absolute Gasteiger partial charge is 0.497 e. The van der Waals surface area contributed by atoms with Gasteiger partial charge in [-0.3, -0.25) is 10.1 Å². The highest BCUT2D eigenvalue weighted by molar-refractivity contribution is 7.14. The summed E-state index contributed by atoms with van der Waals surface area (Å²) in [6, 6.07) is 11.2. The van der Waals surface area contributed by atoms with Crippen molar-refractivity contribution in [2.45, 2.75) is 33.7 Å². The van der Waals surface area contributed by atoms with Crippen molar-refractivity contribution in [2.24, 2.45) is 0 Å². The lowest BCUT2D eigenvalue weighted by Crippen LogP contribution is -2.21. The average molecular weight is 479 g/mol. The number of hydrogen-bond acceptors (Lipinski definition) is 7. The van der Waals surface area contributed by atoms with Crippen LogP contribution < -0.4 is 10.1 Å². The van der Waals surface area contributed by atoms with Gasteiger partial charge in [0.15, 0.2) is 11.7 Å². The minimum atomic E-state index is -0.851. The van der Waals surface area contributed by atoms with Gasteiger partial charge in [-0.2, -0.15) is 5.26 Å². The van der Waals surface area contributed by atoms with Crippen LogP contribution in [-0.2, 0) is 20.9 Å². The van der Waals surface area contributed by atoms with E-state index in [4.69, 9.17) is 9.47 Å². The first-order chi connectivity index (χ1) is 16.4. The van der Waals surface area contributed by atoms with Crippen molar-refractivity contribution < 1.29 is 19.1 Å². The molecule has 2 heterocycles. The molecule has 8 nitrogen and oxygen atoms in total. The second-order valence-electron chi connectivity index (χ2n) is 7.54. The maximum Gasteiger partial charge on any atom is 0.349 e. The van der Waals surface area contributed by atoms with Gasteiger partial charge >= 0.3 is 5.97 Å². The number of nitriles is 1. The minimum Gasteiger partial charge on any atom is -0.497 e. The van der Waals surface area contributed by atoms with Gasteiger partial charge in [0, 0.05) is 28.9 Å². The summed E-state index contributed by atoms with van der Waals surface area (Å²) in [5.74, 6) is -0.651. The van der Waals surface area contributed by atoms with Crippen LogP contribution >= 0.6 is 11.3 Å². The molecule has 0 radical (unpaired) electrons. The Balaban J connectivity index is 1.59. The maximum absolute atomic E-state index is 12.4. The number of carbonyl (C=O) groups excluding carboxylic acids is 2. The highest BCUT2D eigenvalue weighted by Crippen LogP contribution is 2.26. The molecule has 0 atom stereocenters. The Labute approximate surface area is 202 Å². The Morgan fingerprint density at radius 2 is 2.00 bits per heavy atom. The summed E-state index contributed by atoms with van der Waals surface area (Å²) in [6.07, 6.45) is 2.47. The smallest absolute Gasteiger partial charge is 0.349 e. The quantitative estimate of drug-likeness (QED) is 0.271. The van der Waals surface area contributed by atoms with Gasteiger partial charge in [-0.15, -0.1) is 11.3 Å². The first-order valence-electron chi connectivity index (χ1n) is 10.7. The summed E-state index contributed by atoms with van der Waals surface area (Å²) >= 11 is 1.26. The van der Waals surface area contributed by atoms with Crippen LogP contribution in [0.1, 0.15) is 30.3 Å². The molecule has 9 heteroatoms. The van der Waals surface area contributed by atoms with Crippen molar-refractivity contribution in [3.8, 4) is 23.1 Å². The van der Waals surface area contributed by atoms with Gasteiger partial charge in [0.25, 0.3) is 5.91 Å². The van der Waals surface area contributed by atoms with Gasteiger partial charge in [0.05, 0.1) is 12.8 Å². The summed E-state index contributed by atoms with van der Waals surface area (Å²) in [5, 5.41) is 14.2. The molecule has 0 saturated carbocycles. The molecule has 1 aromatic carbocycles. The second kappa shape index (κ2) is 11.3. The number of hydrogen-bond donors (Lipinski definition) is 1. The van der Waals surface area contributed by atoms with Crippen molar-refractivity contribution in [2.75, 3.05) is 19.0 Å². The van der Waals surface area contributed by atoms with Crippen LogP contribution in [0.2, 0.25) is 0 Å². The number of amides is 1. The number of carbonyl (C=O) groups is 2. The Morgan fingerprint density at radius 1 is 1.26 bits per heavy atom. The van der Waals surface area contributed by atoms with Crippen molar-refractivity contribution >= 4 is 34.4 Å². The van der Waals surface area contributed by atoms with Crippen molar-refractivity contribution in [1.29, 1.82) is 5.26 Å². The Kier molecular flexibility index (Phi) is 8.22. The predicted molar refractivity (Wildman–Crippen MR) is 131 cm³/mol. The van der Waals surface area contributed by atoms with E-state index in [1.54, 1.807) is 7.11 Å². The molecule has 0 fully saturated rings. The molecular formula is C25H26N4O4S. The molecule has 3 rings (SSSR count). The van der Waals surface area contributed by atoms with Crippen LogP contribution in [0.4, 0.5) is 5.13 Å². The number of nitrogens with zero attached hydrogens (tertiary/aromatic N) is 3. The molecule has 176 valence electrons. The molecule has 2 aromatic heterocycles. The lowest BCUT2D eigenvalue weighted by molar-refractivity contribution is -0.142. The van der Waals surface area contributed by atoms with Gasteiger partial charge in [0.1, 0.15) is 17.4 Å². The summed E-state index contributed by atoms with van der Waals surface area (Å²) in [5.41, 5.74) is 4.21. The summed E-state index contributed by atoms with van der Waals surface area (Å²) in [7, 11) is 1.60. The molecule has 34 heavy (non-hydrogen) atoms. The van der Waals surface area contributed by atoms with E-state index in [9.17, 15) is 14.9 Å². The summed E-state index contributed by atoms with van der Waals surface area (Å²) in [6.45, 7) is 6.34. The zero-order chi connectivity index (χ0) is 24.7. The molecule has 1 N–H and O–H groups in total. The monoisotopic (exact) mass is 478 g/mol. The number of aryl methyl sites for hydroxylation is 1. The number of ether oxygens (including phenoxy) is 2. The van der Waals surface area contributed by atoms with Gasteiger partial charge in [-0.05, 0) is 62.2 Å².